The second kappa shape index (κ2) is 9.26. The number of nitrogens with zero attached hydrogens (tertiary/aromatic N) is 2. The highest BCUT2D eigenvalue weighted by atomic mass is 16.5. The van der Waals surface area contributed by atoms with Gasteiger partial charge in [0.1, 0.15) is 6.61 Å². The first-order valence-electron chi connectivity index (χ1n) is 9.99. The van der Waals surface area contributed by atoms with Gasteiger partial charge in [0.25, 0.3) is 5.91 Å². The number of aromatic amines is 1. The summed E-state index contributed by atoms with van der Waals surface area (Å²) in [7, 11) is 1.60. The summed E-state index contributed by atoms with van der Waals surface area (Å²) >= 11 is 0. The molecule has 0 fully saturated rings. The van der Waals surface area contributed by atoms with Crippen molar-refractivity contribution in [3.05, 3.63) is 76.6 Å². The summed E-state index contributed by atoms with van der Waals surface area (Å²) in [6.07, 6.45) is 5.59. The average molecular weight is 404 g/mol. The molecule has 2 N–H and O–H groups in total. The number of rotatable bonds is 7. The first-order valence-corrected chi connectivity index (χ1v) is 9.99. The van der Waals surface area contributed by atoms with Crippen molar-refractivity contribution in [3.63, 3.8) is 0 Å². The Kier molecular flexibility index (Phi) is 6.08. The molecule has 2 aromatic carbocycles. The highest BCUT2D eigenvalue weighted by Gasteiger charge is 2.21. The van der Waals surface area contributed by atoms with Gasteiger partial charge in [0.05, 0.1) is 13.3 Å². The van der Waals surface area contributed by atoms with Crippen molar-refractivity contribution in [2.45, 2.75) is 32.3 Å². The minimum Gasteiger partial charge on any atom is -0.493 e. The number of H-pyrrole nitrogens is 1. The maximum atomic E-state index is 12.4. The Hall–Kier alpha value is -3.61. The smallest absolute Gasteiger partial charge is 0.292 e. The van der Waals surface area contributed by atoms with E-state index in [0.29, 0.717) is 23.8 Å². The van der Waals surface area contributed by atoms with Crippen molar-refractivity contribution in [2.24, 2.45) is 5.10 Å². The van der Waals surface area contributed by atoms with E-state index < -0.39 is 0 Å². The number of aryl methyl sites for hydroxylation is 1. The number of ether oxygens (including phenoxy) is 2. The van der Waals surface area contributed by atoms with Crippen molar-refractivity contribution < 1.29 is 14.3 Å². The Morgan fingerprint density at radius 1 is 1.17 bits per heavy atom. The normalized spacial score (nSPS) is 13.1. The Morgan fingerprint density at radius 2 is 2.00 bits per heavy atom. The molecule has 0 atom stereocenters. The van der Waals surface area contributed by atoms with Crippen LogP contribution >= 0.6 is 0 Å². The molecular formula is C23H24N4O3. The standard InChI is InChI=1S/C23H24N4O3/c1-29-20-12-11-17(13-21(20)30-15-16-7-3-2-4-8-16)14-24-27-23(28)22-18-9-5-6-10-19(18)25-26-22/h2-4,7-8,11-14H,5-6,9-10,15H2,1H3,(H,25,26)(H,27,28)/b24-14+. The molecule has 1 aromatic heterocycles. The third-order valence-corrected chi connectivity index (χ3v) is 5.08. The lowest BCUT2D eigenvalue weighted by Gasteiger charge is -2.11. The van der Waals surface area contributed by atoms with Crippen LogP contribution in [-0.2, 0) is 19.4 Å². The van der Waals surface area contributed by atoms with Crippen molar-refractivity contribution in [3.8, 4) is 11.5 Å². The summed E-state index contributed by atoms with van der Waals surface area (Å²) < 4.78 is 11.3. The summed E-state index contributed by atoms with van der Waals surface area (Å²) in [6.45, 7) is 0.429. The minimum atomic E-state index is -0.306. The van der Waals surface area contributed by atoms with Crippen molar-refractivity contribution in [2.75, 3.05) is 7.11 Å². The van der Waals surface area contributed by atoms with Crippen LogP contribution in [0.25, 0.3) is 0 Å². The summed E-state index contributed by atoms with van der Waals surface area (Å²) in [5.74, 6) is 0.938. The molecule has 30 heavy (non-hydrogen) atoms. The number of aromatic nitrogens is 2. The molecule has 0 radical (unpaired) electrons. The van der Waals surface area contributed by atoms with Gasteiger partial charge in [-0.25, -0.2) is 5.43 Å². The van der Waals surface area contributed by atoms with Gasteiger partial charge in [0.15, 0.2) is 17.2 Å². The van der Waals surface area contributed by atoms with Gasteiger partial charge >= 0.3 is 0 Å². The molecule has 3 aromatic rings. The molecule has 0 aliphatic heterocycles. The second-order valence-corrected chi connectivity index (χ2v) is 7.12. The van der Waals surface area contributed by atoms with Crippen LogP contribution in [0.5, 0.6) is 11.5 Å². The quantitative estimate of drug-likeness (QED) is 0.465. The molecule has 0 bridgehead atoms. The maximum Gasteiger partial charge on any atom is 0.292 e. The van der Waals surface area contributed by atoms with Gasteiger partial charge in [0.2, 0.25) is 0 Å². The molecule has 0 unspecified atom stereocenters. The highest BCUT2D eigenvalue weighted by Crippen LogP contribution is 2.28. The van der Waals surface area contributed by atoms with E-state index >= 15 is 0 Å². The first kappa shape index (κ1) is 19.7. The number of carbonyl (C=O) groups excluding carboxylic acids is 1. The van der Waals surface area contributed by atoms with Crippen LogP contribution in [0.15, 0.2) is 53.6 Å². The molecular weight excluding hydrogens is 380 g/mol. The second-order valence-electron chi connectivity index (χ2n) is 7.12. The van der Waals surface area contributed by atoms with Gasteiger partial charge in [-0.15, -0.1) is 0 Å². The predicted molar refractivity (Wildman–Crippen MR) is 114 cm³/mol. The SMILES string of the molecule is COc1ccc(/C=N/NC(=O)c2n[nH]c3c2CCCC3)cc1OCc1ccccc1. The van der Waals surface area contributed by atoms with E-state index in [1.54, 1.807) is 13.3 Å². The third-order valence-electron chi connectivity index (χ3n) is 5.08. The topological polar surface area (TPSA) is 88.6 Å². The predicted octanol–water partition coefficient (Wildman–Crippen LogP) is 3.64. The third kappa shape index (κ3) is 4.51. The number of benzene rings is 2. The largest absolute Gasteiger partial charge is 0.493 e. The lowest BCUT2D eigenvalue weighted by molar-refractivity contribution is 0.0949. The van der Waals surface area contributed by atoms with E-state index in [1.165, 1.54) is 0 Å². The fourth-order valence-electron chi connectivity index (χ4n) is 3.51. The molecule has 0 saturated heterocycles. The summed E-state index contributed by atoms with van der Waals surface area (Å²) in [6, 6.07) is 15.4. The molecule has 154 valence electrons. The zero-order chi connectivity index (χ0) is 20.8. The number of hydrazone groups is 1. The number of carbonyl (C=O) groups is 1. The van der Waals surface area contributed by atoms with E-state index in [0.717, 1.165) is 48.1 Å². The lowest BCUT2D eigenvalue weighted by atomic mass is 9.96. The van der Waals surface area contributed by atoms with Crippen LogP contribution < -0.4 is 14.9 Å². The van der Waals surface area contributed by atoms with Gasteiger partial charge < -0.3 is 9.47 Å². The molecule has 1 heterocycles. The van der Waals surface area contributed by atoms with Crippen molar-refractivity contribution in [1.29, 1.82) is 0 Å². The molecule has 4 rings (SSSR count). The minimum absolute atomic E-state index is 0.306. The van der Waals surface area contributed by atoms with E-state index in [1.807, 2.05) is 48.5 Å². The van der Waals surface area contributed by atoms with Crippen LogP contribution in [0.3, 0.4) is 0 Å². The Balaban J connectivity index is 1.42. The van der Waals surface area contributed by atoms with Gasteiger partial charge in [0, 0.05) is 11.3 Å². The number of hydrogen-bond acceptors (Lipinski definition) is 5. The molecule has 1 aliphatic carbocycles. The molecule has 0 spiro atoms. The van der Waals surface area contributed by atoms with Crippen LogP contribution in [0.1, 0.15) is 45.7 Å². The fourth-order valence-corrected chi connectivity index (χ4v) is 3.51. The Bertz CT molecular complexity index is 1040. The molecule has 0 saturated carbocycles. The van der Waals surface area contributed by atoms with E-state index in [2.05, 4.69) is 20.7 Å². The van der Waals surface area contributed by atoms with Crippen LogP contribution in [0.2, 0.25) is 0 Å². The molecule has 1 aliphatic rings. The summed E-state index contributed by atoms with van der Waals surface area (Å²) in [4.78, 5) is 12.4. The zero-order valence-corrected chi connectivity index (χ0v) is 16.9. The number of amides is 1. The molecule has 7 nitrogen and oxygen atoms in total. The Morgan fingerprint density at radius 3 is 2.83 bits per heavy atom. The van der Waals surface area contributed by atoms with E-state index in [4.69, 9.17) is 9.47 Å². The fraction of sp³-hybridized carbons (Fsp3) is 0.261. The van der Waals surface area contributed by atoms with E-state index in [9.17, 15) is 4.79 Å². The van der Waals surface area contributed by atoms with Crippen LogP contribution in [-0.4, -0.2) is 29.4 Å². The Labute approximate surface area is 175 Å². The summed E-state index contributed by atoms with van der Waals surface area (Å²) in [5, 5.41) is 11.2. The van der Waals surface area contributed by atoms with Crippen molar-refractivity contribution >= 4 is 12.1 Å². The van der Waals surface area contributed by atoms with Crippen LogP contribution in [0, 0.1) is 0 Å². The average Bonchev–Trinajstić information content (AvgIpc) is 3.23. The van der Waals surface area contributed by atoms with Gasteiger partial charge in [-0.05, 0) is 55.0 Å². The maximum absolute atomic E-state index is 12.4. The monoisotopic (exact) mass is 404 g/mol. The lowest BCUT2D eigenvalue weighted by Crippen LogP contribution is -2.20. The van der Waals surface area contributed by atoms with E-state index in [-0.39, 0.29) is 5.91 Å². The molecule has 7 heteroatoms. The molecule has 1 amide bonds. The van der Waals surface area contributed by atoms with Gasteiger partial charge in [-0.2, -0.15) is 10.2 Å². The highest BCUT2D eigenvalue weighted by molar-refractivity contribution is 5.94. The summed E-state index contributed by atoms with van der Waals surface area (Å²) in [5.41, 5.74) is 6.91. The first-order chi connectivity index (χ1) is 14.7. The number of methoxy groups -OCH3 is 1. The van der Waals surface area contributed by atoms with Gasteiger partial charge in [-0.3, -0.25) is 9.89 Å². The number of nitrogens with one attached hydrogen (secondary N) is 2. The number of hydrogen-bond donors (Lipinski definition) is 2. The van der Waals surface area contributed by atoms with Crippen molar-refractivity contribution in [1.82, 2.24) is 15.6 Å². The number of fused-ring (bicyclic) bond motifs is 1. The van der Waals surface area contributed by atoms with Gasteiger partial charge in [-0.1, -0.05) is 30.3 Å². The van der Waals surface area contributed by atoms with Crippen LogP contribution in [0.4, 0.5) is 0 Å². The zero-order valence-electron chi connectivity index (χ0n) is 16.9.